The molecule has 1 saturated carbocycles. The summed E-state index contributed by atoms with van der Waals surface area (Å²) < 4.78 is 0. The summed E-state index contributed by atoms with van der Waals surface area (Å²) in [5.74, 6) is 0.702. The van der Waals surface area contributed by atoms with E-state index in [0.717, 1.165) is 18.9 Å². The highest BCUT2D eigenvalue weighted by Gasteiger charge is 2.20. The Kier molecular flexibility index (Phi) is 5.09. The number of nitrogen functional groups attached to an aromatic ring is 1. The summed E-state index contributed by atoms with van der Waals surface area (Å²) in [7, 11) is 0. The highest BCUT2D eigenvalue weighted by molar-refractivity contribution is 6.34. The van der Waals surface area contributed by atoms with Gasteiger partial charge in [0.05, 0.1) is 10.6 Å². The third kappa shape index (κ3) is 4.10. The van der Waals surface area contributed by atoms with Crippen LogP contribution >= 0.6 is 24.0 Å². The van der Waals surface area contributed by atoms with E-state index in [-0.39, 0.29) is 18.3 Å². The third-order valence-electron chi connectivity index (χ3n) is 2.77. The first-order valence-corrected chi connectivity index (χ1v) is 5.88. The fourth-order valence-electron chi connectivity index (χ4n) is 1.61. The lowest BCUT2D eigenvalue weighted by Crippen LogP contribution is -2.25. The second-order valence-corrected chi connectivity index (χ2v) is 4.63. The minimum absolute atomic E-state index is 0. The molecule has 0 spiro atoms. The molecular weight excluding hydrogens is 259 g/mol. The normalized spacial score (nSPS) is 13.9. The number of nitrogens with one attached hydrogen (secondary N) is 1. The van der Waals surface area contributed by atoms with Crippen LogP contribution in [0.4, 0.5) is 5.69 Å². The van der Waals surface area contributed by atoms with Crippen LogP contribution in [0.25, 0.3) is 0 Å². The summed E-state index contributed by atoms with van der Waals surface area (Å²) in [6, 6.07) is 4.93. The Hall–Kier alpha value is -0.930. The van der Waals surface area contributed by atoms with E-state index in [2.05, 4.69) is 5.32 Å². The number of nitrogens with two attached hydrogens (primary N) is 1. The number of hydrogen-bond donors (Lipinski definition) is 2. The van der Waals surface area contributed by atoms with Gasteiger partial charge in [0.2, 0.25) is 0 Å². The molecule has 3 N–H and O–H groups in total. The van der Waals surface area contributed by atoms with Crippen molar-refractivity contribution in [2.75, 3.05) is 12.3 Å². The molecule has 0 heterocycles. The summed E-state index contributed by atoms with van der Waals surface area (Å²) in [6.45, 7) is 0.726. The van der Waals surface area contributed by atoms with E-state index in [1.807, 2.05) is 0 Å². The zero-order valence-corrected chi connectivity index (χ0v) is 11.0. The SMILES string of the molecule is Cl.Nc1ccc(C(=O)NCCC2CC2)c(Cl)c1. The van der Waals surface area contributed by atoms with Crippen LogP contribution in [0.5, 0.6) is 0 Å². The van der Waals surface area contributed by atoms with Gasteiger partial charge in [0, 0.05) is 12.2 Å². The zero-order chi connectivity index (χ0) is 11.5. The van der Waals surface area contributed by atoms with E-state index >= 15 is 0 Å². The molecule has 3 nitrogen and oxygen atoms in total. The van der Waals surface area contributed by atoms with E-state index in [0.29, 0.717) is 16.3 Å². The molecular formula is C12H16Cl2N2O. The maximum Gasteiger partial charge on any atom is 0.252 e. The van der Waals surface area contributed by atoms with Gasteiger partial charge < -0.3 is 11.1 Å². The topological polar surface area (TPSA) is 55.1 Å². The van der Waals surface area contributed by atoms with Crippen LogP contribution in [0, 0.1) is 5.92 Å². The Morgan fingerprint density at radius 2 is 2.18 bits per heavy atom. The lowest BCUT2D eigenvalue weighted by Gasteiger charge is -2.06. The van der Waals surface area contributed by atoms with Crippen LogP contribution in [0.2, 0.25) is 5.02 Å². The maximum atomic E-state index is 11.7. The van der Waals surface area contributed by atoms with Gasteiger partial charge in [-0.25, -0.2) is 0 Å². The van der Waals surface area contributed by atoms with Gasteiger partial charge in [-0.05, 0) is 30.5 Å². The first-order chi connectivity index (χ1) is 7.66. The molecule has 1 aliphatic carbocycles. The Bertz CT molecular complexity index is 405. The van der Waals surface area contributed by atoms with Crippen molar-refractivity contribution >= 4 is 35.6 Å². The molecule has 94 valence electrons. The van der Waals surface area contributed by atoms with Crippen molar-refractivity contribution in [1.82, 2.24) is 5.32 Å². The zero-order valence-electron chi connectivity index (χ0n) is 9.41. The number of halogens is 2. The van der Waals surface area contributed by atoms with Crippen molar-refractivity contribution < 1.29 is 4.79 Å². The summed E-state index contributed by atoms with van der Waals surface area (Å²) in [4.78, 5) is 11.7. The van der Waals surface area contributed by atoms with Gasteiger partial charge in [0.25, 0.3) is 5.91 Å². The molecule has 1 aromatic rings. The quantitative estimate of drug-likeness (QED) is 0.830. The average molecular weight is 275 g/mol. The maximum absolute atomic E-state index is 11.7. The van der Waals surface area contributed by atoms with Crippen LogP contribution in [-0.2, 0) is 0 Å². The number of carbonyl (C=O) groups excluding carboxylic acids is 1. The van der Waals surface area contributed by atoms with Crippen LogP contribution < -0.4 is 11.1 Å². The minimum Gasteiger partial charge on any atom is -0.399 e. The van der Waals surface area contributed by atoms with Gasteiger partial charge in [-0.1, -0.05) is 24.4 Å². The number of carbonyl (C=O) groups is 1. The Morgan fingerprint density at radius 3 is 2.76 bits per heavy atom. The molecule has 0 saturated heterocycles. The van der Waals surface area contributed by atoms with Crippen molar-refractivity contribution in [3.05, 3.63) is 28.8 Å². The smallest absolute Gasteiger partial charge is 0.252 e. The number of anilines is 1. The largest absolute Gasteiger partial charge is 0.399 e. The predicted molar refractivity (Wildman–Crippen MR) is 72.8 cm³/mol. The van der Waals surface area contributed by atoms with Crippen LogP contribution in [0.15, 0.2) is 18.2 Å². The molecule has 0 aromatic heterocycles. The summed E-state index contributed by atoms with van der Waals surface area (Å²) >= 11 is 5.94. The Balaban J connectivity index is 0.00000144. The second-order valence-electron chi connectivity index (χ2n) is 4.23. The molecule has 1 aliphatic rings. The van der Waals surface area contributed by atoms with Gasteiger partial charge in [-0.15, -0.1) is 12.4 Å². The number of amides is 1. The van der Waals surface area contributed by atoms with E-state index in [9.17, 15) is 4.79 Å². The van der Waals surface area contributed by atoms with Crippen molar-refractivity contribution in [1.29, 1.82) is 0 Å². The molecule has 2 rings (SSSR count). The first-order valence-electron chi connectivity index (χ1n) is 5.50. The van der Waals surface area contributed by atoms with Gasteiger partial charge in [0.1, 0.15) is 0 Å². The predicted octanol–water partition coefficient (Wildman–Crippen LogP) is 2.87. The molecule has 0 atom stereocenters. The van der Waals surface area contributed by atoms with E-state index in [1.165, 1.54) is 12.8 Å². The van der Waals surface area contributed by atoms with Gasteiger partial charge in [0.15, 0.2) is 0 Å². The van der Waals surface area contributed by atoms with E-state index in [1.54, 1.807) is 18.2 Å². The molecule has 1 aromatic carbocycles. The fraction of sp³-hybridized carbons (Fsp3) is 0.417. The summed E-state index contributed by atoms with van der Waals surface area (Å²) in [6.07, 6.45) is 3.68. The third-order valence-corrected chi connectivity index (χ3v) is 3.09. The van der Waals surface area contributed by atoms with Crippen molar-refractivity contribution in [3.63, 3.8) is 0 Å². The number of benzene rings is 1. The average Bonchev–Trinajstić information content (AvgIpc) is 3.01. The highest BCUT2D eigenvalue weighted by atomic mass is 35.5. The van der Waals surface area contributed by atoms with Gasteiger partial charge in [-0.3, -0.25) is 4.79 Å². The van der Waals surface area contributed by atoms with Gasteiger partial charge in [-0.2, -0.15) is 0 Å². The summed E-state index contributed by atoms with van der Waals surface area (Å²) in [5.41, 5.74) is 6.62. The van der Waals surface area contributed by atoms with Crippen LogP contribution in [-0.4, -0.2) is 12.5 Å². The standard InChI is InChI=1S/C12H15ClN2O.ClH/c13-11-7-9(14)3-4-10(11)12(16)15-6-5-8-1-2-8;/h3-4,7-8H,1-2,5-6,14H2,(H,15,16);1H. The number of hydrogen-bond acceptors (Lipinski definition) is 2. The minimum atomic E-state index is -0.120. The Morgan fingerprint density at radius 1 is 1.47 bits per heavy atom. The monoisotopic (exact) mass is 274 g/mol. The molecule has 1 amide bonds. The van der Waals surface area contributed by atoms with Crippen molar-refractivity contribution in [2.24, 2.45) is 5.92 Å². The molecule has 0 bridgehead atoms. The number of rotatable bonds is 4. The lowest BCUT2D eigenvalue weighted by molar-refractivity contribution is 0.0953. The van der Waals surface area contributed by atoms with E-state index < -0.39 is 0 Å². The molecule has 0 aliphatic heterocycles. The van der Waals surface area contributed by atoms with E-state index in [4.69, 9.17) is 17.3 Å². The van der Waals surface area contributed by atoms with Crippen molar-refractivity contribution in [2.45, 2.75) is 19.3 Å². The molecule has 1 fully saturated rings. The van der Waals surface area contributed by atoms with Crippen LogP contribution in [0.3, 0.4) is 0 Å². The Labute approximate surface area is 112 Å². The molecule has 0 radical (unpaired) electrons. The van der Waals surface area contributed by atoms with Crippen LogP contribution in [0.1, 0.15) is 29.6 Å². The second kappa shape index (κ2) is 6.12. The van der Waals surface area contributed by atoms with Crippen molar-refractivity contribution in [3.8, 4) is 0 Å². The molecule has 5 heteroatoms. The van der Waals surface area contributed by atoms with Gasteiger partial charge >= 0.3 is 0 Å². The highest BCUT2D eigenvalue weighted by Crippen LogP contribution is 2.31. The molecule has 17 heavy (non-hydrogen) atoms. The summed E-state index contributed by atoms with van der Waals surface area (Å²) in [5, 5.41) is 3.27. The lowest BCUT2D eigenvalue weighted by atomic mass is 10.2. The first kappa shape index (κ1) is 14.1. The molecule has 0 unspecified atom stereocenters. The fourth-order valence-corrected chi connectivity index (χ4v) is 1.88.